The highest BCUT2D eigenvalue weighted by Gasteiger charge is 2.27. The van der Waals surface area contributed by atoms with Crippen LogP contribution in [0.1, 0.15) is 58.8 Å². The molecule has 1 aliphatic carbocycles. The molecule has 1 fully saturated rings. The van der Waals surface area contributed by atoms with Crippen molar-refractivity contribution in [1.82, 2.24) is 4.90 Å². The maximum Gasteiger partial charge on any atom is 0.0672 e. The van der Waals surface area contributed by atoms with Crippen LogP contribution in [0.15, 0.2) is 0 Å². The van der Waals surface area contributed by atoms with E-state index in [1.54, 1.807) is 0 Å². The Hall–Kier alpha value is -0.550. The molecule has 16 heavy (non-hydrogen) atoms. The van der Waals surface area contributed by atoms with E-state index in [0.29, 0.717) is 6.04 Å². The molecule has 0 saturated heterocycles. The fourth-order valence-corrected chi connectivity index (χ4v) is 2.80. The lowest BCUT2D eigenvalue weighted by Crippen LogP contribution is -2.40. The van der Waals surface area contributed by atoms with Crippen molar-refractivity contribution in [2.75, 3.05) is 13.1 Å². The van der Waals surface area contributed by atoms with Gasteiger partial charge in [0.25, 0.3) is 0 Å². The van der Waals surface area contributed by atoms with Gasteiger partial charge in [0.2, 0.25) is 0 Å². The summed E-state index contributed by atoms with van der Waals surface area (Å²) >= 11 is 0. The average molecular weight is 222 g/mol. The Morgan fingerprint density at radius 1 is 1.19 bits per heavy atom. The first kappa shape index (κ1) is 13.5. The predicted molar refractivity (Wildman–Crippen MR) is 68.1 cm³/mol. The number of hydrogen-bond donors (Lipinski definition) is 0. The molecule has 0 aromatic rings. The van der Waals surface area contributed by atoms with Crippen LogP contribution in [0, 0.1) is 17.2 Å². The van der Waals surface area contributed by atoms with Crippen LogP contribution < -0.4 is 0 Å². The van der Waals surface area contributed by atoms with Crippen molar-refractivity contribution in [2.24, 2.45) is 5.92 Å². The largest absolute Gasteiger partial charge is 0.299 e. The Bertz CT molecular complexity index is 219. The zero-order chi connectivity index (χ0) is 11.8. The fourth-order valence-electron chi connectivity index (χ4n) is 2.80. The van der Waals surface area contributed by atoms with Gasteiger partial charge in [-0.2, -0.15) is 5.26 Å². The van der Waals surface area contributed by atoms with E-state index in [0.717, 1.165) is 13.0 Å². The molecule has 2 nitrogen and oxygen atoms in total. The fraction of sp³-hybridized carbons (Fsp3) is 0.929. The van der Waals surface area contributed by atoms with E-state index in [1.165, 1.54) is 45.1 Å². The summed E-state index contributed by atoms with van der Waals surface area (Å²) in [6, 6.07) is 3.08. The smallest absolute Gasteiger partial charge is 0.0672 e. The Labute approximate surface area is 101 Å². The normalized spacial score (nSPS) is 26.4. The third-order valence-corrected chi connectivity index (χ3v) is 3.82. The quantitative estimate of drug-likeness (QED) is 0.665. The molecule has 0 heterocycles. The molecule has 2 heteroatoms. The highest BCUT2D eigenvalue weighted by molar-refractivity contribution is 4.94. The predicted octanol–water partition coefficient (Wildman–Crippen LogP) is 3.58. The van der Waals surface area contributed by atoms with Crippen molar-refractivity contribution in [1.29, 1.82) is 5.26 Å². The van der Waals surface area contributed by atoms with Crippen molar-refractivity contribution in [3.05, 3.63) is 0 Å². The van der Waals surface area contributed by atoms with Crippen molar-refractivity contribution in [2.45, 2.75) is 64.8 Å². The maximum absolute atomic E-state index is 9.28. The Morgan fingerprint density at radius 2 is 1.94 bits per heavy atom. The lowest BCUT2D eigenvalue weighted by molar-refractivity contribution is 0.159. The Morgan fingerprint density at radius 3 is 2.56 bits per heavy atom. The van der Waals surface area contributed by atoms with Gasteiger partial charge in [0, 0.05) is 6.04 Å². The molecular weight excluding hydrogens is 196 g/mol. The first-order valence-electron chi connectivity index (χ1n) is 6.97. The maximum atomic E-state index is 9.28. The molecule has 92 valence electrons. The van der Waals surface area contributed by atoms with Gasteiger partial charge in [-0.05, 0) is 32.4 Å². The number of nitriles is 1. The molecule has 0 aromatic carbocycles. The minimum absolute atomic E-state index is 0.277. The molecule has 1 rings (SSSR count). The van der Waals surface area contributed by atoms with Crippen LogP contribution in [0.2, 0.25) is 0 Å². The molecule has 0 aliphatic heterocycles. The summed E-state index contributed by atoms with van der Waals surface area (Å²) in [5.74, 6) is 0.277. The molecule has 1 saturated carbocycles. The van der Waals surface area contributed by atoms with Gasteiger partial charge in [-0.1, -0.05) is 39.5 Å². The molecule has 0 N–H and O–H groups in total. The number of nitrogens with zero attached hydrogens (tertiary/aromatic N) is 2. The lowest BCUT2D eigenvalue weighted by atomic mass is 9.94. The molecular formula is C14H26N2. The second kappa shape index (κ2) is 7.68. The van der Waals surface area contributed by atoms with E-state index in [4.69, 9.17) is 0 Å². The highest BCUT2D eigenvalue weighted by Crippen LogP contribution is 2.27. The molecule has 0 radical (unpaired) electrons. The molecule has 2 atom stereocenters. The molecule has 0 bridgehead atoms. The minimum atomic E-state index is 0.277. The second-order valence-electron chi connectivity index (χ2n) is 4.92. The van der Waals surface area contributed by atoms with Gasteiger partial charge in [0.1, 0.15) is 0 Å². The van der Waals surface area contributed by atoms with E-state index in [-0.39, 0.29) is 5.92 Å². The molecule has 0 amide bonds. The number of hydrogen-bond acceptors (Lipinski definition) is 2. The van der Waals surface area contributed by atoms with E-state index in [2.05, 4.69) is 24.8 Å². The van der Waals surface area contributed by atoms with Crippen LogP contribution in [0.4, 0.5) is 0 Å². The lowest BCUT2D eigenvalue weighted by Gasteiger charge is -2.32. The molecule has 2 unspecified atom stereocenters. The zero-order valence-corrected chi connectivity index (χ0v) is 10.9. The summed E-state index contributed by atoms with van der Waals surface area (Å²) in [6.45, 7) is 6.75. The topological polar surface area (TPSA) is 27.0 Å². The van der Waals surface area contributed by atoms with E-state index < -0.39 is 0 Å². The second-order valence-corrected chi connectivity index (χ2v) is 4.92. The number of unbranched alkanes of at least 4 members (excludes halogenated alkanes) is 1. The van der Waals surface area contributed by atoms with Crippen molar-refractivity contribution in [3.8, 4) is 6.07 Å². The van der Waals surface area contributed by atoms with Crippen LogP contribution in [0.3, 0.4) is 0 Å². The summed E-state index contributed by atoms with van der Waals surface area (Å²) in [5.41, 5.74) is 0. The third-order valence-electron chi connectivity index (χ3n) is 3.82. The van der Waals surface area contributed by atoms with Gasteiger partial charge in [-0.15, -0.1) is 0 Å². The van der Waals surface area contributed by atoms with E-state index >= 15 is 0 Å². The summed E-state index contributed by atoms with van der Waals surface area (Å²) in [5, 5.41) is 9.28. The van der Waals surface area contributed by atoms with Crippen molar-refractivity contribution in [3.63, 3.8) is 0 Å². The van der Waals surface area contributed by atoms with Gasteiger partial charge in [-0.25, -0.2) is 0 Å². The standard InChI is InChI=1S/C14H26N2/c1-3-5-11-16(4-2)14-10-8-6-7-9-13(14)12-15/h13-14H,3-11H2,1-2H3. The number of rotatable bonds is 5. The zero-order valence-electron chi connectivity index (χ0n) is 10.9. The summed E-state index contributed by atoms with van der Waals surface area (Å²) in [6.07, 6.45) is 8.74. The Balaban J connectivity index is 2.59. The molecule has 1 aliphatic rings. The first-order valence-corrected chi connectivity index (χ1v) is 6.97. The van der Waals surface area contributed by atoms with Crippen LogP contribution in [0.25, 0.3) is 0 Å². The van der Waals surface area contributed by atoms with Crippen molar-refractivity contribution < 1.29 is 0 Å². The summed E-state index contributed by atoms with van der Waals surface area (Å²) < 4.78 is 0. The SMILES string of the molecule is CCCCN(CC)C1CCCCCC1C#N. The molecule has 0 spiro atoms. The van der Waals surface area contributed by atoms with Gasteiger partial charge in [-0.3, -0.25) is 4.90 Å². The van der Waals surface area contributed by atoms with Gasteiger partial charge >= 0.3 is 0 Å². The van der Waals surface area contributed by atoms with E-state index in [1.807, 2.05) is 0 Å². The Kier molecular flexibility index (Phi) is 6.49. The van der Waals surface area contributed by atoms with Gasteiger partial charge < -0.3 is 0 Å². The molecule has 0 aromatic heterocycles. The van der Waals surface area contributed by atoms with Gasteiger partial charge in [0.05, 0.1) is 12.0 Å². The van der Waals surface area contributed by atoms with Crippen LogP contribution in [-0.2, 0) is 0 Å². The first-order chi connectivity index (χ1) is 7.83. The summed E-state index contributed by atoms with van der Waals surface area (Å²) in [7, 11) is 0. The third kappa shape index (κ3) is 3.79. The van der Waals surface area contributed by atoms with Crippen LogP contribution >= 0.6 is 0 Å². The van der Waals surface area contributed by atoms with Crippen molar-refractivity contribution >= 4 is 0 Å². The van der Waals surface area contributed by atoms with Gasteiger partial charge in [0.15, 0.2) is 0 Å². The summed E-state index contributed by atoms with van der Waals surface area (Å²) in [4.78, 5) is 2.54. The minimum Gasteiger partial charge on any atom is -0.299 e. The van der Waals surface area contributed by atoms with Crippen LogP contribution in [-0.4, -0.2) is 24.0 Å². The van der Waals surface area contributed by atoms with E-state index in [9.17, 15) is 5.26 Å². The highest BCUT2D eigenvalue weighted by atomic mass is 15.1. The monoisotopic (exact) mass is 222 g/mol. The van der Waals surface area contributed by atoms with Crippen LogP contribution in [0.5, 0.6) is 0 Å². The average Bonchev–Trinajstić information content (AvgIpc) is 2.55.